The first kappa shape index (κ1) is 11.7. The molecule has 0 aliphatic rings. The Bertz CT molecular complexity index is 506. The number of halogens is 1. The molecule has 88 valence electrons. The Labute approximate surface area is 101 Å². The third kappa shape index (κ3) is 2.68. The fourth-order valence-electron chi connectivity index (χ4n) is 1.73. The average molecular weight is 230 g/mol. The zero-order valence-electron chi connectivity index (χ0n) is 10.00. The van der Waals surface area contributed by atoms with Crippen LogP contribution in [0.25, 0.3) is 11.3 Å². The first-order valence-electron chi connectivity index (χ1n) is 5.57. The van der Waals surface area contributed by atoms with Gasteiger partial charge in [0.1, 0.15) is 5.82 Å². The Morgan fingerprint density at radius 3 is 2.71 bits per heavy atom. The SMILES string of the molecule is CNCc1ccc(-c2cc(C)ccc2F)nc1. The van der Waals surface area contributed by atoms with E-state index in [2.05, 4.69) is 10.3 Å². The molecule has 2 aromatic rings. The molecule has 0 aliphatic heterocycles. The van der Waals surface area contributed by atoms with E-state index in [9.17, 15) is 4.39 Å². The van der Waals surface area contributed by atoms with Crippen LogP contribution in [-0.4, -0.2) is 12.0 Å². The second-order valence-electron chi connectivity index (χ2n) is 4.07. The second kappa shape index (κ2) is 5.06. The van der Waals surface area contributed by atoms with Gasteiger partial charge in [0.15, 0.2) is 0 Å². The standard InChI is InChI=1S/C14H15FN2/c1-10-3-5-13(15)12(7-10)14-6-4-11(8-16-2)9-17-14/h3-7,9,16H,8H2,1-2H3. The van der Waals surface area contributed by atoms with Crippen LogP contribution in [0.5, 0.6) is 0 Å². The van der Waals surface area contributed by atoms with Crippen molar-refractivity contribution in [3.05, 3.63) is 53.5 Å². The van der Waals surface area contributed by atoms with Gasteiger partial charge in [-0.1, -0.05) is 17.7 Å². The normalized spacial score (nSPS) is 10.5. The van der Waals surface area contributed by atoms with Crippen molar-refractivity contribution < 1.29 is 4.39 Å². The lowest BCUT2D eigenvalue weighted by Crippen LogP contribution is -2.05. The van der Waals surface area contributed by atoms with Crippen LogP contribution in [-0.2, 0) is 6.54 Å². The highest BCUT2D eigenvalue weighted by Crippen LogP contribution is 2.22. The maximum absolute atomic E-state index is 13.7. The number of nitrogens with one attached hydrogen (secondary N) is 1. The van der Waals surface area contributed by atoms with E-state index < -0.39 is 0 Å². The molecule has 3 heteroatoms. The summed E-state index contributed by atoms with van der Waals surface area (Å²) in [5.74, 6) is -0.232. The summed E-state index contributed by atoms with van der Waals surface area (Å²) in [6, 6.07) is 8.86. The topological polar surface area (TPSA) is 24.9 Å². The van der Waals surface area contributed by atoms with Crippen molar-refractivity contribution >= 4 is 0 Å². The lowest BCUT2D eigenvalue weighted by Gasteiger charge is -2.05. The molecular weight excluding hydrogens is 215 g/mol. The average Bonchev–Trinajstić information content (AvgIpc) is 2.34. The molecule has 1 aromatic heterocycles. The number of aromatic nitrogens is 1. The summed E-state index contributed by atoms with van der Waals surface area (Å²) in [6.45, 7) is 2.71. The van der Waals surface area contributed by atoms with Crippen LogP contribution in [0.4, 0.5) is 4.39 Å². The van der Waals surface area contributed by atoms with Gasteiger partial charge in [-0.3, -0.25) is 4.98 Å². The predicted octanol–water partition coefficient (Wildman–Crippen LogP) is 2.92. The van der Waals surface area contributed by atoms with Gasteiger partial charge in [0, 0.05) is 18.3 Å². The number of aryl methyl sites for hydroxylation is 1. The van der Waals surface area contributed by atoms with Crippen LogP contribution < -0.4 is 5.32 Å². The van der Waals surface area contributed by atoms with Gasteiger partial charge in [0.05, 0.1) is 5.69 Å². The van der Waals surface area contributed by atoms with Crippen LogP contribution in [0, 0.1) is 12.7 Å². The Hall–Kier alpha value is -1.74. The monoisotopic (exact) mass is 230 g/mol. The smallest absolute Gasteiger partial charge is 0.132 e. The zero-order chi connectivity index (χ0) is 12.3. The van der Waals surface area contributed by atoms with Crippen molar-refractivity contribution in [2.75, 3.05) is 7.05 Å². The molecule has 0 radical (unpaired) electrons. The van der Waals surface area contributed by atoms with Gasteiger partial charge in [-0.05, 0) is 37.7 Å². The summed E-state index contributed by atoms with van der Waals surface area (Å²) < 4.78 is 13.7. The molecular formula is C14H15FN2. The molecule has 0 saturated carbocycles. The Morgan fingerprint density at radius 2 is 2.06 bits per heavy atom. The van der Waals surface area contributed by atoms with Crippen molar-refractivity contribution in [1.82, 2.24) is 10.3 Å². The van der Waals surface area contributed by atoms with Crippen molar-refractivity contribution in [3.8, 4) is 11.3 Å². The highest BCUT2D eigenvalue weighted by molar-refractivity contribution is 5.60. The first-order chi connectivity index (χ1) is 8.20. The van der Waals surface area contributed by atoms with Crippen LogP contribution in [0.15, 0.2) is 36.5 Å². The lowest BCUT2D eigenvalue weighted by atomic mass is 10.1. The van der Waals surface area contributed by atoms with Gasteiger partial charge in [0.25, 0.3) is 0 Å². The molecule has 0 fully saturated rings. The van der Waals surface area contributed by atoms with Crippen LogP contribution in [0.1, 0.15) is 11.1 Å². The van der Waals surface area contributed by atoms with Crippen molar-refractivity contribution in [2.45, 2.75) is 13.5 Å². The summed E-state index contributed by atoms with van der Waals surface area (Å²) in [5, 5.41) is 3.05. The van der Waals surface area contributed by atoms with E-state index in [4.69, 9.17) is 0 Å². The molecule has 0 amide bonds. The zero-order valence-corrected chi connectivity index (χ0v) is 10.00. The minimum atomic E-state index is -0.232. The molecule has 1 N–H and O–H groups in total. The predicted molar refractivity (Wildman–Crippen MR) is 67.1 cm³/mol. The highest BCUT2D eigenvalue weighted by Gasteiger charge is 2.06. The molecule has 1 heterocycles. The van der Waals surface area contributed by atoms with E-state index in [1.54, 1.807) is 12.3 Å². The van der Waals surface area contributed by atoms with Crippen LogP contribution in [0.2, 0.25) is 0 Å². The van der Waals surface area contributed by atoms with E-state index in [0.717, 1.165) is 17.7 Å². The number of benzene rings is 1. The molecule has 0 bridgehead atoms. The summed E-state index contributed by atoms with van der Waals surface area (Å²) in [4.78, 5) is 4.29. The fourth-order valence-corrected chi connectivity index (χ4v) is 1.73. The van der Waals surface area contributed by atoms with E-state index in [1.165, 1.54) is 6.07 Å². The highest BCUT2D eigenvalue weighted by atomic mass is 19.1. The van der Waals surface area contributed by atoms with E-state index in [0.29, 0.717) is 11.3 Å². The molecule has 0 spiro atoms. The third-order valence-corrected chi connectivity index (χ3v) is 2.60. The third-order valence-electron chi connectivity index (χ3n) is 2.60. The molecule has 0 atom stereocenters. The van der Waals surface area contributed by atoms with Crippen LogP contribution in [0.3, 0.4) is 0 Å². The van der Waals surface area contributed by atoms with Crippen LogP contribution >= 0.6 is 0 Å². The molecule has 1 aromatic carbocycles. The summed E-state index contributed by atoms with van der Waals surface area (Å²) >= 11 is 0. The number of pyridine rings is 1. The van der Waals surface area contributed by atoms with Gasteiger partial charge >= 0.3 is 0 Å². The van der Waals surface area contributed by atoms with Crippen molar-refractivity contribution in [2.24, 2.45) is 0 Å². The van der Waals surface area contributed by atoms with Gasteiger partial charge in [-0.25, -0.2) is 4.39 Å². The van der Waals surface area contributed by atoms with Gasteiger partial charge in [-0.2, -0.15) is 0 Å². The number of hydrogen-bond donors (Lipinski definition) is 1. The Kier molecular flexibility index (Phi) is 3.49. The van der Waals surface area contributed by atoms with E-state index in [1.807, 2.05) is 32.2 Å². The second-order valence-corrected chi connectivity index (χ2v) is 4.07. The van der Waals surface area contributed by atoms with Crippen molar-refractivity contribution in [3.63, 3.8) is 0 Å². The Balaban J connectivity index is 2.36. The lowest BCUT2D eigenvalue weighted by molar-refractivity contribution is 0.630. The van der Waals surface area contributed by atoms with Gasteiger partial charge in [0.2, 0.25) is 0 Å². The molecule has 0 unspecified atom stereocenters. The molecule has 2 nitrogen and oxygen atoms in total. The number of nitrogens with zero attached hydrogens (tertiary/aromatic N) is 1. The number of hydrogen-bond acceptors (Lipinski definition) is 2. The maximum atomic E-state index is 13.7. The minimum Gasteiger partial charge on any atom is -0.316 e. The van der Waals surface area contributed by atoms with Gasteiger partial charge in [-0.15, -0.1) is 0 Å². The molecule has 2 rings (SSSR count). The Morgan fingerprint density at radius 1 is 1.24 bits per heavy atom. The largest absolute Gasteiger partial charge is 0.316 e. The minimum absolute atomic E-state index is 0.232. The van der Waals surface area contributed by atoms with E-state index >= 15 is 0 Å². The molecule has 0 aliphatic carbocycles. The summed E-state index contributed by atoms with van der Waals surface area (Å²) in [7, 11) is 1.88. The maximum Gasteiger partial charge on any atom is 0.132 e. The molecule has 0 saturated heterocycles. The fraction of sp³-hybridized carbons (Fsp3) is 0.214. The van der Waals surface area contributed by atoms with E-state index in [-0.39, 0.29) is 5.82 Å². The van der Waals surface area contributed by atoms with Gasteiger partial charge < -0.3 is 5.32 Å². The van der Waals surface area contributed by atoms with Crippen molar-refractivity contribution in [1.29, 1.82) is 0 Å². The summed E-state index contributed by atoms with van der Waals surface area (Å²) in [5.41, 5.74) is 3.35. The molecule has 17 heavy (non-hydrogen) atoms. The quantitative estimate of drug-likeness (QED) is 0.877. The first-order valence-corrected chi connectivity index (χ1v) is 5.57. The summed E-state index contributed by atoms with van der Waals surface area (Å²) in [6.07, 6.45) is 1.77. The number of rotatable bonds is 3.